The molecular weight excluding hydrogens is 379 g/mol. The lowest BCUT2D eigenvalue weighted by Gasteiger charge is -2.22. The summed E-state index contributed by atoms with van der Waals surface area (Å²) in [5.41, 5.74) is 1.59. The average Bonchev–Trinajstić information content (AvgIpc) is 2.78. The number of hydrogen-bond acceptors (Lipinski definition) is 2. The van der Waals surface area contributed by atoms with E-state index in [1.165, 1.54) is 0 Å². The molecule has 0 aliphatic carbocycles. The molecule has 1 heterocycles. The maximum Gasteiger partial charge on any atom is 0.254 e. The molecule has 0 saturated carbocycles. The second-order valence-electron chi connectivity index (χ2n) is 6.95. The minimum absolute atomic E-state index is 0.279. The standard InChI is InChI=1S/C18H18Cl2N2O2S/c1-17(2,3)22-25(24)13-7-4-11(5-8-13)18(20)14-10-12(19)6-9-15(14)21-16(18)23/h4-10,22H,1-3H3,(H,21,23). The Hall–Kier alpha value is -1.40. The molecule has 2 aromatic rings. The van der Waals surface area contributed by atoms with Gasteiger partial charge in [0.05, 0.1) is 4.90 Å². The molecule has 2 unspecified atom stereocenters. The molecule has 0 radical (unpaired) electrons. The third-order valence-electron chi connectivity index (χ3n) is 3.78. The van der Waals surface area contributed by atoms with E-state index in [0.29, 0.717) is 26.7 Å². The van der Waals surface area contributed by atoms with E-state index in [1.54, 1.807) is 42.5 Å². The van der Waals surface area contributed by atoms with Crippen molar-refractivity contribution in [3.05, 3.63) is 58.6 Å². The molecule has 25 heavy (non-hydrogen) atoms. The summed E-state index contributed by atoms with van der Waals surface area (Å²) in [5.74, 6) is -0.326. The molecule has 3 rings (SSSR count). The van der Waals surface area contributed by atoms with Crippen molar-refractivity contribution in [2.45, 2.75) is 36.1 Å². The highest BCUT2D eigenvalue weighted by atomic mass is 35.5. The molecular formula is C18H18Cl2N2O2S. The Kier molecular flexibility index (Phi) is 4.71. The van der Waals surface area contributed by atoms with Crippen LogP contribution in [0.1, 0.15) is 31.9 Å². The van der Waals surface area contributed by atoms with Crippen molar-refractivity contribution >= 4 is 45.8 Å². The molecule has 1 aliphatic heterocycles. The van der Waals surface area contributed by atoms with Crippen molar-refractivity contribution in [2.24, 2.45) is 0 Å². The minimum Gasteiger partial charge on any atom is -0.324 e. The van der Waals surface area contributed by atoms with Gasteiger partial charge < -0.3 is 5.32 Å². The van der Waals surface area contributed by atoms with E-state index in [-0.39, 0.29) is 11.4 Å². The van der Waals surface area contributed by atoms with Crippen LogP contribution in [0.3, 0.4) is 0 Å². The summed E-state index contributed by atoms with van der Waals surface area (Å²) in [5, 5.41) is 3.29. The highest BCUT2D eigenvalue weighted by molar-refractivity contribution is 7.83. The highest BCUT2D eigenvalue weighted by Gasteiger charge is 2.47. The summed E-state index contributed by atoms with van der Waals surface area (Å²) in [6.45, 7) is 5.82. The summed E-state index contributed by atoms with van der Waals surface area (Å²) in [6.07, 6.45) is 0. The van der Waals surface area contributed by atoms with Gasteiger partial charge in [0.25, 0.3) is 5.91 Å². The Bertz CT molecular complexity index is 862. The number of benzene rings is 2. The van der Waals surface area contributed by atoms with Crippen LogP contribution in [0.5, 0.6) is 0 Å². The van der Waals surface area contributed by atoms with Crippen LogP contribution in [0.4, 0.5) is 5.69 Å². The second kappa shape index (κ2) is 6.40. The quantitative estimate of drug-likeness (QED) is 0.764. The molecule has 0 fully saturated rings. The van der Waals surface area contributed by atoms with E-state index < -0.39 is 15.9 Å². The highest BCUT2D eigenvalue weighted by Crippen LogP contribution is 2.46. The number of alkyl halides is 1. The maximum absolute atomic E-state index is 12.5. The van der Waals surface area contributed by atoms with E-state index >= 15 is 0 Å². The zero-order valence-corrected chi connectivity index (χ0v) is 16.4. The van der Waals surface area contributed by atoms with Gasteiger partial charge >= 0.3 is 0 Å². The zero-order chi connectivity index (χ0) is 18.4. The Morgan fingerprint density at radius 3 is 2.36 bits per heavy atom. The van der Waals surface area contributed by atoms with Crippen molar-refractivity contribution < 1.29 is 9.00 Å². The number of anilines is 1. The smallest absolute Gasteiger partial charge is 0.254 e. The number of amides is 1. The van der Waals surface area contributed by atoms with Crippen molar-refractivity contribution in [3.8, 4) is 0 Å². The lowest BCUT2D eigenvalue weighted by Crippen LogP contribution is -2.37. The third kappa shape index (κ3) is 3.47. The predicted octanol–water partition coefficient (Wildman–Crippen LogP) is 4.19. The molecule has 0 saturated heterocycles. The fourth-order valence-corrected chi connectivity index (χ4v) is 4.23. The van der Waals surface area contributed by atoms with Gasteiger partial charge in [-0.2, -0.15) is 0 Å². The summed E-state index contributed by atoms with van der Waals surface area (Å²) in [6, 6.07) is 12.0. The molecule has 7 heteroatoms. The zero-order valence-electron chi connectivity index (χ0n) is 14.0. The van der Waals surface area contributed by atoms with Gasteiger partial charge in [-0.1, -0.05) is 35.3 Å². The topological polar surface area (TPSA) is 58.2 Å². The van der Waals surface area contributed by atoms with Gasteiger partial charge in [0.2, 0.25) is 0 Å². The molecule has 132 valence electrons. The number of rotatable bonds is 3. The van der Waals surface area contributed by atoms with Crippen molar-refractivity contribution in [1.82, 2.24) is 4.72 Å². The first kappa shape index (κ1) is 18.4. The van der Waals surface area contributed by atoms with Crippen molar-refractivity contribution in [3.63, 3.8) is 0 Å². The predicted molar refractivity (Wildman–Crippen MR) is 102 cm³/mol. The van der Waals surface area contributed by atoms with Crippen LogP contribution in [0.15, 0.2) is 47.4 Å². The maximum atomic E-state index is 12.5. The Morgan fingerprint density at radius 1 is 1.12 bits per heavy atom. The van der Waals surface area contributed by atoms with Crippen LogP contribution in [-0.4, -0.2) is 15.7 Å². The summed E-state index contributed by atoms with van der Waals surface area (Å²) in [7, 11) is -1.35. The summed E-state index contributed by atoms with van der Waals surface area (Å²) in [4.78, 5) is 11.8. The van der Waals surface area contributed by atoms with Crippen LogP contribution in [0, 0.1) is 0 Å². The SMILES string of the molecule is CC(C)(C)NS(=O)c1ccc(C2(Cl)C(=O)Nc3ccc(Cl)cc32)cc1. The van der Waals surface area contributed by atoms with E-state index in [4.69, 9.17) is 23.2 Å². The number of fused-ring (bicyclic) bond motifs is 1. The monoisotopic (exact) mass is 396 g/mol. The Labute approximate surface area is 159 Å². The second-order valence-corrected chi connectivity index (χ2v) is 9.16. The first-order valence-corrected chi connectivity index (χ1v) is 9.62. The van der Waals surface area contributed by atoms with Crippen molar-refractivity contribution in [2.75, 3.05) is 5.32 Å². The number of hydrogen-bond donors (Lipinski definition) is 2. The summed E-state index contributed by atoms with van der Waals surface area (Å²) >= 11 is 12.8. The van der Waals surface area contributed by atoms with Crippen LogP contribution in [-0.2, 0) is 20.7 Å². The normalized spacial score (nSPS) is 20.9. The first-order chi connectivity index (χ1) is 11.6. The van der Waals surface area contributed by atoms with Crippen molar-refractivity contribution in [1.29, 1.82) is 0 Å². The van der Waals surface area contributed by atoms with E-state index in [2.05, 4.69) is 10.0 Å². The summed E-state index contributed by atoms with van der Waals surface area (Å²) < 4.78 is 15.4. The fraction of sp³-hybridized carbons (Fsp3) is 0.278. The molecule has 0 bridgehead atoms. The third-order valence-corrected chi connectivity index (χ3v) is 6.11. The first-order valence-electron chi connectivity index (χ1n) is 7.72. The van der Waals surface area contributed by atoms with Crippen LogP contribution in [0.25, 0.3) is 0 Å². The number of carbonyl (C=O) groups is 1. The van der Waals surface area contributed by atoms with Gasteiger partial charge in [-0.3, -0.25) is 4.79 Å². The van der Waals surface area contributed by atoms with Crippen LogP contribution < -0.4 is 10.0 Å². The van der Waals surface area contributed by atoms with E-state index in [9.17, 15) is 9.00 Å². The lowest BCUT2D eigenvalue weighted by molar-refractivity contribution is -0.117. The van der Waals surface area contributed by atoms with Gasteiger partial charge in [-0.25, -0.2) is 8.93 Å². The largest absolute Gasteiger partial charge is 0.324 e. The Morgan fingerprint density at radius 2 is 1.76 bits per heavy atom. The average molecular weight is 397 g/mol. The molecule has 0 spiro atoms. The van der Waals surface area contributed by atoms with Gasteiger partial charge in [-0.05, 0) is 56.7 Å². The molecule has 2 atom stereocenters. The molecule has 2 N–H and O–H groups in total. The molecule has 4 nitrogen and oxygen atoms in total. The van der Waals surface area contributed by atoms with Gasteiger partial charge in [0.1, 0.15) is 11.0 Å². The minimum atomic E-state index is -1.35. The van der Waals surface area contributed by atoms with Crippen LogP contribution >= 0.6 is 23.2 Å². The Balaban J connectivity index is 1.97. The molecule has 1 amide bonds. The number of halogens is 2. The lowest BCUT2D eigenvalue weighted by atomic mass is 9.91. The molecule has 2 aromatic carbocycles. The van der Waals surface area contributed by atoms with Gasteiger partial charge in [-0.15, -0.1) is 0 Å². The fourth-order valence-electron chi connectivity index (χ4n) is 2.67. The van der Waals surface area contributed by atoms with Gasteiger partial charge in [0, 0.05) is 21.8 Å². The van der Waals surface area contributed by atoms with Crippen LogP contribution in [0.2, 0.25) is 5.02 Å². The number of nitrogens with one attached hydrogen (secondary N) is 2. The van der Waals surface area contributed by atoms with E-state index in [1.807, 2.05) is 20.8 Å². The number of carbonyl (C=O) groups excluding carboxylic acids is 1. The van der Waals surface area contributed by atoms with Gasteiger partial charge in [0.15, 0.2) is 4.87 Å². The molecule has 1 aliphatic rings. The van der Waals surface area contributed by atoms with E-state index in [0.717, 1.165) is 0 Å². The molecule has 0 aromatic heterocycles.